The van der Waals surface area contributed by atoms with Gasteiger partial charge in [-0.25, -0.2) is 0 Å². The average molecular weight is 306 g/mol. The van der Waals surface area contributed by atoms with Crippen LogP contribution in [0.25, 0.3) is 10.4 Å². The van der Waals surface area contributed by atoms with Gasteiger partial charge in [0, 0.05) is 9.38 Å². The molecule has 8 heteroatoms. The van der Waals surface area contributed by atoms with Crippen molar-refractivity contribution in [2.24, 2.45) is 4.52 Å². The molecule has 0 saturated carbocycles. The predicted octanol–water partition coefficient (Wildman–Crippen LogP) is 2.56. The van der Waals surface area contributed by atoms with E-state index in [1.165, 1.54) is 0 Å². The molecule has 0 aliphatic heterocycles. The molecule has 0 aromatic heterocycles. The molecule has 6 nitrogen and oxygen atoms in total. The first-order valence-corrected chi connectivity index (χ1v) is 6.39. The first-order valence-electron chi connectivity index (χ1n) is 4.24. The number of hydrogen-bond donors (Lipinski definition) is 0. The molecule has 86 valence electrons. The van der Waals surface area contributed by atoms with E-state index in [0.29, 0.717) is 6.42 Å². The van der Waals surface area contributed by atoms with E-state index in [9.17, 15) is 8.42 Å². The molecule has 0 unspecified atom stereocenters. The van der Waals surface area contributed by atoms with Crippen LogP contribution in [0.4, 0.5) is 0 Å². The molecule has 0 atom stereocenters. The molecule has 0 heterocycles. The zero-order valence-electron chi connectivity index (χ0n) is 8.08. The summed E-state index contributed by atoms with van der Waals surface area (Å²) < 4.78 is 29.6. The fourth-order valence-electron chi connectivity index (χ4n) is 0.984. The van der Waals surface area contributed by atoms with Crippen molar-refractivity contribution >= 4 is 26.2 Å². The SMILES string of the molecule is [N-]=[N+]=NS(=O)(=O)OCCc1ccc(Br)cc1. The van der Waals surface area contributed by atoms with E-state index in [-0.39, 0.29) is 6.61 Å². The van der Waals surface area contributed by atoms with E-state index < -0.39 is 10.3 Å². The van der Waals surface area contributed by atoms with Crippen LogP contribution < -0.4 is 0 Å². The van der Waals surface area contributed by atoms with Crippen molar-refractivity contribution in [2.45, 2.75) is 6.42 Å². The Morgan fingerprint density at radius 1 is 1.38 bits per heavy atom. The zero-order chi connectivity index (χ0) is 12.0. The molecule has 0 saturated heterocycles. The standard InChI is InChI=1S/C8H8BrN3O3S/c9-8-3-1-7(2-4-8)5-6-15-16(13,14)12-11-10/h1-4H,5-6H2. The van der Waals surface area contributed by atoms with Crippen LogP contribution in [0, 0.1) is 0 Å². The number of benzene rings is 1. The van der Waals surface area contributed by atoms with Gasteiger partial charge in [0.25, 0.3) is 0 Å². The van der Waals surface area contributed by atoms with Gasteiger partial charge in [-0.15, -0.1) is 0 Å². The number of halogens is 1. The highest BCUT2D eigenvalue weighted by Gasteiger charge is 2.06. The molecule has 0 aliphatic carbocycles. The molecule has 1 aromatic carbocycles. The summed E-state index contributed by atoms with van der Waals surface area (Å²) in [4.78, 5) is 2.15. The first-order chi connectivity index (χ1) is 7.53. The maximum atomic E-state index is 10.8. The Bertz CT molecular complexity index is 494. The number of nitrogens with zero attached hydrogens (tertiary/aromatic N) is 3. The van der Waals surface area contributed by atoms with E-state index in [1.807, 2.05) is 24.3 Å². The van der Waals surface area contributed by atoms with Gasteiger partial charge in [-0.05, 0) is 29.6 Å². The molecule has 0 fully saturated rings. The fourth-order valence-corrected chi connectivity index (χ4v) is 1.68. The molecule has 16 heavy (non-hydrogen) atoms. The Morgan fingerprint density at radius 2 is 2.00 bits per heavy atom. The summed E-state index contributed by atoms with van der Waals surface area (Å²) in [5.41, 5.74) is 8.87. The summed E-state index contributed by atoms with van der Waals surface area (Å²) in [7, 11) is -4.11. The Labute approximate surface area is 101 Å². The van der Waals surface area contributed by atoms with Crippen molar-refractivity contribution in [3.8, 4) is 0 Å². The summed E-state index contributed by atoms with van der Waals surface area (Å²) in [5, 5.41) is 0. The lowest BCUT2D eigenvalue weighted by atomic mass is 10.2. The van der Waals surface area contributed by atoms with Gasteiger partial charge < -0.3 is 0 Å². The average Bonchev–Trinajstić information content (AvgIpc) is 2.20. The van der Waals surface area contributed by atoms with Crippen LogP contribution in [0.1, 0.15) is 5.56 Å². The van der Waals surface area contributed by atoms with Crippen molar-refractivity contribution < 1.29 is 12.6 Å². The van der Waals surface area contributed by atoms with Crippen LogP contribution in [0.3, 0.4) is 0 Å². The lowest BCUT2D eigenvalue weighted by Gasteiger charge is -2.01. The predicted molar refractivity (Wildman–Crippen MR) is 61.9 cm³/mol. The van der Waals surface area contributed by atoms with E-state index in [4.69, 9.17) is 5.53 Å². The minimum absolute atomic E-state index is 0.0526. The van der Waals surface area contributed by atoms with Crippen LogP contribution in [-0.4, -0.2) is 15.0 Å². The van der Waals surface area contributed by atoms with Gasteiger partial charge in [-0.3, -0.25) is 4.18 Å². The van der Waals surface area contributed by atoms with Crippen molar-refractivity contribution in [1.82, 2.24) is 0 Å². The van der Waals surface area contributed by atoms with Crippen LogP contribution in [0.15, 0.2) is 33.3 Å². The second-order valence-electron chi connectivity index (χ2n) is 2.80. The van der Waals surface area contributed by atoms with Gasteiger partial charge >= 0.3 is 10.3 Å². The summed E-state index contributed by atoms with van der Waals surface area (Å²) in [6.45, 7) is -0.0526. The number of hydrogen-bond acceptors (Lipinski definition) is 3. The van der Waals surface area contributed by atoms with Crippen molar-refractivity contribution in [3.05, 3.63) is 44.7 Å². The van der Waals surface area contributed by atoms with E-state index in [1.54, 1.807) is 0 Å². The number of rotatable bonds is 5. The maximum Gasteiger partial charge on any atom is 0.358 e. The summed E-state index contributed by atoms with van der Waals surface area (Å²) in [6, 6.07) is 7.37. The molecule has 0 bridgehead atoms. The highest BCUT2D eigenvalue weighted by atomic mass is 79.9. The normalized spacial score (nSPS) is 10.8. The molecular formula is C8H8BrN3O3S. The number of azide groups is 1. The largest absolute Gasteiger partial charge is 0.358 e. The Balaban J connectivity index is 2.48. The minimum Gasteiger partial charge on any atom is -0.264 e. The quantitative estimate of drug-likeness (QED) is 0.475. The van der Waals surface area contributed by atoms with Crippen LogP contribution in [0.5, 0.6) is 0 Å². The van der Waals surface area contributed by atoms with Crippen LogP contribution in [-0.2, 0) is 20.9 Å². The fraction of sp³-hybridized carbons (Fsp3) is 0.250. The van der Waals surface area contributed by atoms with Crippen LogP contribution >= 0.6 is 15.9 Å². The summed E-state index contributed by atoms with van der Waals surface area (Å²) >= 11 is 3.28. The second kappa shape index (κ2) is 5.86. The monoisotopic (exact) mass is 305 g/mol. The first kappa shape index (κ1) is 13.0. The van der Waals surface area contributed by atoms with Gasteiger partial charge in [-0.2, -0.15) is 8.42 Å². The van der Waals surface area contributed by atoms with E-state index >= 15 is 0 Å². The zero-order valence-corrected chi connectivity index (χ0v) is 10.5. The van der Waals surface area contributed by atoms with E-state index in [2.05, 4.69) is 29.5 Å². The minimum atomic E-state index is -4.11. The third-order valence-electron chi connectivity index (χ3n) is 1.67. The highest BCUT2D eigenvalue weighted by Crippen LogP contribution is 2.11. The Morgan fingerprint density at radius 3 is 2.56 bits per heavy atom. The van der Waals surface area contributed by atoms with Gasteiger partial charge in [0.05, 0.1) is 11.1 Å². The molecule has 0 N–H and O–H groups in total. The van der Waals surface area contributed by atoms with Gasteiger partial charge in [0.2, 0.25) is 0 Å². The molecule has 0 radical (unpaired) electrons. The van der Waals surface area contributed by atoms with Gasteiger partial charge in [0.1, 0.15) is 0 Å². The summed E-state index contributed by atoms with van der Waals surface area (Å²) in [6.07, 6.45) is 0.424. The Kier molecular flexibility index (Phi) is 4.75. The van der Waals surface area contributed by atoms with Crippen molar-refractivity contribution in [1.29, 1.82) is 0 Å². The third-order valence-corrected chi connectivity index (χ3v) is 2.94. The maximum absolute atomic E-state index is 10.8. The third kappa shape index (κ3) is 4.63. The van der Waals surface area contributed by atoms with Gasteiger partial charge in [0.15, 0.2) is 0 Å². The molecule has 0 spiro atoms. The molecular weight excluding hydrogens is 298 g/mol. The highest BCUT2D eigenvalue weighted by molar-refractivity contribution is 9.10. The molecule has 1 rings (SSSR count). The lowest BCUT2D eigenvalue weighted by Crippen LogP contribution is -2.05. The molecule has 1 aromatic rings. The van der Waals surface area contributed by atoms with Crippen LogP contribution in [0.2, 0.25) is 0 Å². The molecule has 0 amide bonds. The smallest absolute Gasteiger partial charge is 0.264 e. The lowest BCUT2D eigenvalue weighted by molar-refractivity contribution is 0.322. The molecule has 0 aliphatic rings. The summed E-state index contributed by atoms with van der Waals surface area (Å²) in [5.74, 6) is 0. The second-order valence-corrected chi connectivity index (χ2v) is 4.97. The van der Waals surface area contributed by atoms with E-state index in [0.717, 1.165) is 10.0 Å². The van der Waals surface area contributed by atoms with Gasteiger partial charge in [-0.1, -0.05) is 28.1 Å². The Hall–Kier alpha value is -1.08. The van der Waals surface area contributed by atoms with Crippen molar-refractivity contribution in [3.63, 3.8) is 0 Å². The van der Waals surface area contributed by atoms with Crippen molar-refractivity contribution in [2.75, 3.05) is 6.61 Å². The topological polar surface area (TPSA) is 92.1 Å².